The van der Waals surface area contributed by atoms with E-state index in [2.05, 4.69) is 20.8 Å². The van der Waals surface area contributed by atoms with Gasteiger partial charge in [0.2, 0.25) is 0 Å². The molecule has 0 saturated carbocycles. The number of carbonyl (C=O) groups excluding carboxylic acids is 3. The van der Waals surface area contributed by atoms with Crippen molar-refractivity contribution < 1.29 is 28.6 Å². The van der Waals surface area contributed by atoms with Crippen molar-refractivity contribution in [3.8, 4) is 0 Å². The van der Waals surface area contributed by atoms with E-state index in [4.69, 9.17) is 14.2 Å². The number of hydrogen-bond donors (Lipinski definition) is 0. The van der Waals surface area contributed by atoms with Gasteiger partial charge in [0.25, 0.3) is 0 Å². The highest BCUT2D eigenvalue weighted by Gasteiger charge is 2.19. The first-order valence-electron chi connectivity index (χ1n) is 22.5. The van der Waals surface area contributed by atoms with Gasteiger partial charge in [0.15, 0.2) is 6.10 Å². The summed E-state index contributed by atoms with van der Waals surface area (Å²) in [6.45, 7) is 6.61. The van der Waals surface area contributed by atoms with Crippen LogP contribution in [0.2, 0.25) is 0 Å². The molecule has 0 aliphatic heterocycles. The largest absolute Gasteiger partial charge is 0.462 e. The van der Waals surface area contributed by atoms with Crippen molar-refractivity contribution in [1.82, 2.24) is 0 Å². The Hall–Kier alpha value is -1.59. The van der Waals surface area contributed by atoms with Gasteiger partial charge < -0.3 is 14.2 Å². The third kappa shape index (κ3) is 39.5. The molecule has 0 aliphatic rings. The average Bonchev–Trinajstić information content (AvgIpc) is 3.12. The van der Waals surface area contributed by atoms with E-state index in [-0.39, 0.29) is 31.1 Å². The molecule has 0 spiro atoms. The van der Waals surface area contributed by atoms with Gasteiger partial charge in [0, 0.05) is 19.3 Å². The fourth-order valence-corrected chi connectivity index (χ4v) is 6.68. The van der Waals surface area contributed by atoms with Crippen LogP contribution >= 0.6 is 0 Å². The summed E-state index contributed by atoms with van der Waals surface area (Å²) < 4.78 is 16.6. The molecule has 0 aromatic carbocycles. The van der Waals surface area contributed by atoms with Crippen molar-refractivity contribution in [3.05, 3.63) is 0 Å². The van der Waals surface area contributed by atoms with Crippen molar-refractivity contribution in [1.29, 1.82) is 0 Å². The lowest BCUT2D eigenvalue weighted by Crippen LogP contribution is -2.30. The molecule has 6 nitrogen and oxygen atoms in total. The van der Waals surface area contributed by atoms with Gasteiger partial charge in [-0.25, -0.2) is 0 Å². The van der Waals surface area contributed by atoms with Crippen molar-refractivity contribution in [2.24, 2.45) is 0 Å². The maximum atomic E-state index is 12.6. The molecule has 0 amide bonds. The van der Waals surface area contributed by atoms with E-state index in [1.807, 2.05) is 0 Å². The number of ether oxygens (including phenoxy) is 3. The second-order valence-corrected chi connectivity index (χ2v) is 15.3. The fraction of sp³-hybridized carbons (Fsp3) is 0.933. The smallest absolute Gasteiger partial charge is 0.306 e. The summed E-state index contributed by atoms with van der Waals surface area (Å²) in [6.07, 6.45) is 40.9. The van der Waals surface area contributed by atoms with Crippen LogP contribution in [-0.2, 0) is 28.6 Å². The van der Waals surface area contributed by atoms with E-state index in [0.717, 1.165) is 57.8 Å². The lowest BCUT2D eigenvalue weighted by Gasteiger charge is -2.18. The predicted molar refractivity (Wildman–Crippen MR) is 215 cm³/mol. The minimum absolute atomic E-state index is 0.0632. The van der Waals surface area contributed by atoms with Gasteiger partial charge in [0.1, 0.15) is 13.2 Å². The van der Waals surface area contributed by atoms with Gasteiger partial charge in [-0.1, -0.05) is 213 Å². The first-order chi connectivity index (χ1) is 25.0. The maximum absolute atomic E-state index is 12.6. The van der Waals surface area contributed by atoms with Crippen LogP contribution in [0.4, 0.5) is 0 Å². The van der Waals surface area contributed by atoms with E-state index in [0.29, 0.717) is 19.3 Å². The number of unbranched alkanes of at least 4 members (excludes halogenated alkanes) is 30. The Kier molecular flexibility index (Phi) is 39.9. The number of rotatable bonds is 41. The molecule has 0 rings (SSSR count). The van der Waals surface area contributed by atoms with Gasteiger partial charge in [-0.3, -0.25) is 14.4 Å². The molecule has 0 bridgehead atoms. The summed E-state index contributed by atoms with van der Waals surface area (Å²) >= 11 is 0. The Morgan fingerprint density at radius 2 is 0.529 bits per heavy atom. The summed E-state index contributed by atoms with van der Waals surface area (Å²) in [4.78, 5) is 37.5. The van der Waals surface area contributed by atoms with Crippen molar-refractivity contribution in [2.75, 3.05) is 13.2 Å². The van der Waals surface area contributed by atoms with E-state index in [9.17, 15) is 14.4 Å². The number of esters is 3. The van der Waals surface area contributed by atoms with Gasteiger partial charge in [0.05, 0.1) is 0 Å². The molecule has 0 fully saturated rings. The van der Waals surface area contributed by atoms with Gasteiger partial charge in [-0.05, 0) is 19.3 Å². The minimum atomic E-state index is -0.756. The zero-order chi connectivity index (χ0) is 37.3. The molecule has 302 valence electrons. The molecule has 0 N–H and O–H groups in total. The highest BCUT2D eigenvalue weighted by atomic mass is 16.6. The molecule has 51 heavy (non-hydrogen) atoms. The topological polar surface area (TPSA) is 78.9 Å². The first-order valence-corrected chi connectivity index (χ1v) is 22.5. The Bertz CT molecular complexity index is 753. The fourth-order valence-electron chi connectivity index (χ4n) is 6.68. The Morgan fingerprint density at radius 3 is 0.784 bits per heavy atom. The van der Waals surface area contributed by atoms with Crippen molar-refractivity contribution in [3.63, 3.8) is 0 Å². The van der Waals surface area contributed by atoms with Crippen LogP contribution in [0.25, 0.3) is 0 Å². The van der Waals surface area contributed by atoms with Crippen LogP contribution in [-0.4, -0.2) is 37.2 Å². The van der Waals surface area contributed by atoms with Crippen LogP contribution in [0.3, 0.4) is 0 Å². The van der Waals surface area contributed by atoms with Crippen molar-refractivity contribution >= 4 is 17.9 Å². The third-order valence-electron chi connectivity index (χ3n) is 10.1. The molecule has 0 heterocycles. The van der Waals surface area contributed by atoms with Crippen LogP contribution in [0.5, 0.6) is 0 Å². The second-order valence-electron chi connectivity index (χ2n) is 15.3. The monoisotopic (exact) mass is 723 g/mol. The van der Waals surface area contributed by atoms with E-state index >= 15 is 0 Å². The van der Waals surface area contributed by atoms with Gasteiger partial charge in [-0.2, -0.15) is 0 Å². The lowest BCUT2D eigenvalue weighted by atomic mass is 10.0. The molecular formula is C45H86O6. The highest BCUT2D eigenvalue weighted by molar-refractivity contribution is 5.71. The van der Waals surface area contributed by atoms with Gasteiger partial charge in [-0.15, -0.1) is 0 Å². The van der Waals surface area contributed by atoms with E-state index in [1.165, 1.54) is 154 Å². The summed E-state index contributed by atoms with van der Waals surface area (Å²) in [5, 5.41) is 0. The quantitative estimate of drug-likeness (QED) is 0.0355. The van der Waals surface area contributed by atoms with Gasteiger partial charge >= 0.3 is 17.9 Å². The van der Waals surface area contributed by atoms with Crippen LogP contribution < -0.4 is 0 Å². The molecule has 0 radical (unpaired) electrons. The zero-order valence-corrected chi connectivity index (χ0v) is 34.4. The molecular weight excluding hydrogens is 636 g/mol. The minimum Gasteiger partial charge on any atom is -0.462 e. The molecule has 0 aliphatic carbocycles. The molecule has 0 aromatic heterocycles. The second kappa shape index (κ2) is 41.2. The molecule has 0 saturated heterocycles. The highest BCUT2D eigenvalue weighted by Crippen LogP contribution is 2.16. The summed E-state index contributed by atoms with van der Waals surface area (Å²) in [6, 6.07) is 0. The molecule has 6 heteroatoms. The third-order valence-corrected chi connectivity index (χ3v) is 10.1. The normalized spacial score (nSPS) is 11.8. The molecule has 0 unspecified atom stereocenters. The first kappa shape index (κ1) is 49.4. The van der Waals surface area contributed by atoms with Crippen molar-refractivity contribution in [2.45, 2.75) is 258 Å². The molecule has 1 atom stereocenters. The average molecular weight is 723 g/mol. The summed E-state index contributed by atoms with van der Waals surface area (Å²) in [5.74, 6) is -0.859. The number of carbonyl (C=O) groups is 3. The lowest BCUT2D eigenvalue weighted by molar-refractivity contribution is -0.167. The predicted octanol–water partition coefficient (Wildman–Crippen LogP) is 14.1. The van der Waals surface area contributed by atoms with Crippen LogP contribution in [0.15, 0.2) is 0 Å². The Balaban J connectivity index is 4.24. The standard InChI is InChI=1S/C45H86O6/c1-4-7-10-13-16-18-20-21-22-23-25-26-29-32-35-38-44(47)50-41-42(40-49-43(46)37-34-31-28-15-12-9-6-3)51-45(48)39-36-33-30-27-24-19-17-14-11-8-5-2/h42H,4-41H2,1-3H3/t42-/m0/s1. The van der Waals surface area contributed by atoms with E-state index < -0.39 is 6.10 Å². The summed E-state index contributed by atoms with van der Waals surface area (Å²) in [5.41, 5.74) is 0. The summed E-state index contributed by atoms with van der Waals surface area (Å²) in [7, 11) is 0. The Morgan fingerprint density at radius 1 is 0.314 bits per heavy atom. The SMILES string of the molecule is CCCCCCCCCCCCCCCCCC(=O)OC[C@H](COC(=O)CCCCCCCCC)OC(=O)CCCCCCCCCCCCC. The van der Waals surface area contributed by atoms with Crippen LogP contribution in [0.1, 0.15) is 252 Å². The maximum Gasteiger partial charge on any atom is 0.306 e. The number of hydrogen-bond acceptors (Lipinski definition) is 6. The Labute approximate surface area is 317 Å². The molecule has 0 aromatic rings. The van der Waals surface area contributed by atoms with Crippen LogP contribution in [0, 0.1) is 0 Å². The zero-order valence-electron chi connectivity index (χ0n) is 34.4. The van der Waals surface area contributed by atoms with E-state index in [1.54, 1.807) is 0 Å².